The highest BCUT2D eigenvalue weighted by atomic mass is 32.2. The minimum Gasteiger partial charge on any atom is -0.465 e. The van der Waals surface area contributed by atoms with Gasteiger partial charge in [0, 0.05) is 13.1 Å². The summed E-state index contributed by atoms with van der Waals surface area (Å²) in [7, 11) is 0.188. The zero-order valence-corrected chi connectivity index (χ0v) is 13.2. The number of aromatic nitrogens is 2. The predicted molar refractivity (Wildman–Crippen MR) is 78.2 cm³/mol. The van der Waals surface area contributed by atoms with Gasteiger partial charge in [0.25, 0.3) is 10.0 Å². The number of imidazole rings is 1. The summed E-state index contributed by atoms with van der Waals surface area (Å²) in [5, 5.41) is 0.0875. The molecule has 0 bridgehead atoms. The van der Waals surface area contributed by atoms with E-state index in [1.807, 2.05) is 32.0 Å². The molecule has 2 aromatic rings. The van der Waals surface area contributed by atoms with Crippen LogP contribution in [0, 0.1) is 6.92 Å². The van der Waals surface area contributed by atoms with Crippen LogP contribution >= 0.6 is 0 Å². The molecular formula is C13H20N4O3S. The number of sulfonamides is 1. The van der Waals surface area contributed by atoms with E-state index in [1.165, 1.54) is 16.8 Å². The van der Waals surface area contributed by atoms with Gasteiger partial charge >= 0.3 is 0 Å². The number of likely N-dealkylation sites (N-methyl/N-ethyl adjacent to an activating group) is 1. The maximum Gasteiger partial charge on any atom is 0.260 e. The molecule has 0 aliphatic rings. The standard InChI is InChI=1S/C13H20N4O3S/c1-11-4-5-12(20-11)9-17(7-6-16(2)3)21(18,19)13-8-14-10-15-13/h4-5,8,10H,6-7,9H2,1-3H3,(H,14,15). The van der Waals surface area contributed by atoms with E-state index < -0.39 is 10.0 Å². The topological polar surface area (TPSA) is 82.4 Å². The van der Waals surface area contributed by atoms with Crippen LogP contribution in [0.1, 0.15) is 11.5 Å². The van der Waals surface area contributed by atoms with Crippen LogP contribution in [0.2, 0.25) is 0 Å². The first-order chi connectivity index (χ1) is 9.89. The Balaban J connectivity index is 2.23. The van der Waals surface area contributed by atoms with E-state index in [2.05, 4.69) is 9.97 Å². The van der Waals surface area contributed by atoms with Crippen molar-refractivity contribution in [3.05, 3.63) is 36.2 Å². The summed E-state index contributed by atoms with van der Waals surface area (Å²) in [5.74, 6) is 1.38. The molecule has 21 heavy (non-hydrogen) atoms. The molecule has 0 amide bonds. The van der Waals surface area contributed by atoms with Crippen molar-refractivity contribution >= 4 is 10.0 Å². The van der Waals surface area contributed by atoms with Gasteiger partial charge in [-0.1, -0.05) is 0 Å². The van der Waals surface area contributed by atoms with Crippen molar-refractivity contribution in [3.63, 3.8) is 0 Å². The van der Waals surface area contributed by atoms with E-state index >= 15 is 0 Å². The van der Waals surface area contributed by atoms with E-state index in [9.17, 15) is 8.42 Å². The third-order valence-electron chi connectivity index (χ3n) is 3.02. The highest BCUT2D eigenvalue weighted by Crippen LogP contribution is 2.17. The van der Waals surface area contributed by atoms with Crippen LogP contribution in [-0.4, -0.2) is 54.8 Å². The summed E-state index contributed by atoms with van der Waals surface area (Å²) < 4.78 is 32.1. The first-order valence-corrected chi connectivity index (χ1v) is 8.02. The van der Waals surface area contributed by atoms with Crippen LogP contribution in [0.25, 0.3) is 0 Å². The second-order valence-electron chi connectivity index (χ2n) is 5.07. The van der Waals surface area contributed by atoms with Gasteiger partial charge in [0.1, 0.15) is 11.5 Å². The van der Waals surface area contributed by atoms with Crippen LogP contribution < -0.4 is 0 Å². The summed E-state index contributed by atoms with van der Waals surface area (Å²) in [6.07, 6.45) is 2.67. The summed E-state index contributed by atoms with van der Waals surface area (Å²) >= 11 is 0. The molecule has 0 saturated carbocycles. The van der Waals surface area contributed by atoms with Crippen molar-refractivity contribution in [2.45, 2.75) is 18.5 Å². The Morgan fingerprint density at radius 3 is 2.57 bits per heavy atom. The zero-order valence-electron chi connectivity index (χ0n) is 12.4. The maximum absolute atomic E-state index is 12.6. The predicted octanol–water partition coefficient (Wildman–Crippen LogP) is 1.06. The maximum atomic E-state index is 12.6. The van der Waals surface area contributed by atoms with Crippen LogP contribution in [0.15, 0.2) is 34.1 Å². The van der Waals surface area contributed by atoms with E-state index in [1.54, 1.807) is 6.07 Å². The Labute approximate surface area is 124 Å². The van der Waals surface area contributed by atoms with Gasteiger partial charge in [-0.05, 0) is 33.2 Å². The van der Waals surface area contributed by atoms with Crippen molar-refractivity contribution in [3.8, 4) is 0 Å². The lowest BCUT2D eigenvalue weighted by Crippen LogP contribution is -2.36. The van der Waals surface area contributed by atoms with Gasteiger partial charge in [-0.25, -0.2) is 13.4 Å². The third-order valence-corrected chi connectivity index (χ3v) is 4.79. The van der Waals surface area contributed by atoms with Gasteiger partial charge in [-0.15, -0.1) is 0 Å². The normalized spacial score (nSPS) is 12.4. The molecule has 0 aromatic carbocycles. The number of rotatable bonds is 7. The van der Waals surface area contributed by atoms with Crippen LogP contribution in [0.4, 0.5) is 0 Å². The fraction of sp³-hybridized carbons (Fsp3) is 0.462. The van der Waals surface area contributed by atoms with E-state index in [0.29, 0.717) is 18.8 Å². The van der Waals surface area contributed by atoms with Crippen LogP contribution in [-0.2, 0) is 16.6 Å². The molecule has 0 atom stereocenters. The summed E-state index contributed by atoms with van der Waals surface area (Å²) in [5.41, 5.74) is 0. The summed E-state index contributed by atoms with van der Waals surface area (Å²) in [6.45, 7) is 3.02. The largest absolute Gasteiger partial charge is 0.465 e. The lowest BCUT2D eigenvalue weighted by molar-refractivity contribution is 0.309. The van der Waals surface area contributed by atoms with Crippen molar-refractivity contribution in [1.29, 1.82) is 0 Å². The van der Waals surface area contributed by atoms with E-state index in [0.717, 1.165) is 5.76 Å². The van der Waals surface area contributed by atoms with Gasteiger partial charge < -0.3 is 14.3 Å². The number of nitrogens with one attached hydrogen (secondary N) is 1. The molecule has 0 fully saturated rings. The van der Waals surface area contributed by atoms with Crippen molar-refractivity contribution in [1.82, 2.24) is 19.2 Å². The number of hydrogen-bond donors (Lipinski definition) is 1. The molecule has 2 rings (SSSR count). The highest BCUT2D eigenvalue weighted by molar-refractivity contribution is 7.89. The molecule has 0 aliphatic heterocycles. The first kappa shape index (κ1) is 15.7. The van der Waals surface area contributed by atoms with Gasteiger partial charge in [0.05, 0.1) is 19.1 Å². The minimum atomic E-state index is -3.61. The molecule has 116 valence electrons. The quantitative estimate of drug-likeness (QED) is 0.827. The second-order valence-corrected chi connectivity index (χ2v) is 6.98. The van der Waals surface area contributed by atoms with Crippen molar-refractivity contribution < 1.29 is 12.8 Å². The Hall–Kier alpha value is -1.64. The Morgan fingerprint density at radius 1 is 1.29 bits per heavy atom. The van der Waals surface area contributed by atoms with Gasteiger partial charge in [-0.2, -0.15) is 4.31 Å². The average molecular weight is 312 g/mol. The number of nitrogens with zero attached hydrogens (tertiary/aromatic N) is 3. The zero-order chi connectivity index (χ0) is 15.5. The molecule has 2 heterocycles. The lowest BCUT2D eigenvalue weighted by atomic mass is 10.4. The van der Waals surface area contributed by atoms with Crippen molar-refractivity contribution in [2.75, 3.05) is 27.2 Å². The monoisotopic (exact) mass is 312 g/mol. The second kappa shape index (κ2) is 6.42. The number of hydrogen-bond acceptors (Lipinski definition) is 5. The minimum absolute atomic E-state index is 0.0875. The van der Waals surface area contributed by atoms with Crippen molar-refractivity contribution in [2.24, 2.45) is 0 Å². The molecule has 0 aliphatic carbocycles. The molecule has 2 aromatic heterocycles. The van der Waals surface area contributed by atoms with E-state index in [-0.39, 0.29) is 11.6 Å². The van der Waals surface area contributed by atoms with Gasteiger partial charge in [0.15, 0.2) is 5.03 Å². The first-order valence-electron chi connectivity index (χ1n) is 6.58. The fourth-order valence-electron chi connectivity index (χ4n) is 1.86. The molecule has 0 spiro atoms. The molecule has 0 saturated heterocycles. The molecule has 7 nitrogen and oxygen atoms in total. The molecule has 8 heteroatoms. The number of furan rings is 1. The van der Waals surface area contributed by atoms with Gasteiger partial charge in [-0.3, -0.25) is 0 Å². The number of H-pyrrole nitrogens is 1. The lowest BCUT2D eigenvalue weighted by Gasteiger charge is -2.22. The highest BCUT2D eigenvalue weighted by Gasteiger charge is 2.26. The summed E-state index contributed by atoms with van der Waals surface area (Å²) in [4.78, 5) is 8.37. The smallest absolute Gasteiger partial charge is 0.260 e. The fourth-order valence-corrected chi connectivity index (χ4v) is 3.16. The third kappa shape index (κ3) is 3.93. The number of aromatic amines is 1. The van der Waals surface area contributed by atoms with Crippen LogP contribution in [0.3, 0.4) is 0 Å². The molecular weight excluding hydrogens is 292 g/mol. The Morgan fingerprint density at radius 2 is 2.05 bits per heavy atom. The molecule has 1 N–H and O–H groups in total. The molecule has 0 unspecified atom stereocenters. The number of aryl methyl sites for hydroxylation is 1. The average Bonchev–Trinajstić information content (AvgIpc) is 3.05. The SMILES string of the molecule is Cc1ccc(CN(CCN(C)C)S(=O)(=O)c2cnc[nH]2)o1. The Bertz CT molecular complexity index is 661. The summed E-state index contributed by atoms with van der Waals surface area (Å²) in [6, 6.07) is 3.61. The van der Waals surface area contributed by atoms with Gasteiger partial charge in [0.2, 0.25) is 0 Å². The van der Waals surface area contributed by atoms with Crippen LogP contribution in [0.5, 0.6) is 0 Å². The van der Waals surface area contributed by atoms with E-state index in [4.69, 9.17) is 4.42 Å². The molecule has 0 radical (unpaired) electrons. The Kier molecular flexibility index (Phi) is 4.81.